The molecular formula is C9H14BrN3O2S. The normalized spacial score (nSPS) is 13.7. The summed E-state index contributed by atoms with van der Waals surface area (Å²) in [6, 6.07) is 1.59. The molecule has 3 N–H and O–H groups in total. The van der Waals surface area contributed by atoms with Crippen LogP contribution in [0, 0.1) is 0 Å². The zero-order valence-corrected chi connectivity index (χ0v) is 11.3. The van der Waals surface area contributed by atoms with Gasteiger partial charge in [-0.3, -0.25) is 16.3 Å². The first-order valence-electron chi connectivity index (χ1n) is 4.64. The molecule has 0 aromatic carbocycles. The van der Waals surface area contributed by atoms with Gasteiger partial charge in [0.05, 0.1) is 5.75 Å². The summed E-state index contributed by atoms with van der Waals surface area (Å²) in [4.78, 5) is 4.00. The third-order valence-corrected chi connectivity index (χ3v) is 3.42. The fourth-order valence-corrected chi connectivity index (χ4v) is 2.74. The highest BCUT2D eigenvalue weighted by Gasteiger charge is 2.14. The Kier molecular flexibility index (Phi) is 4.85. The summed E-state index contributed by atoms with van der Waals surface area (Å²) in [5, 5.41) is 0. The maximum atomic E-state index is 11.1. The topological polar surface area (TPSA) is 85.1 Å². The molecule has 1 heterocycles. The lowest BCUT2D eigenvalue weighted by atomic mass is 10.1. The molecule has 1 atom stereocenters. The monoisotopic (exact) mass is 307 g/mol. The van der Waals surface area contributed by atoms with Crippen molar-refractivity contribution in [3.05, 3.63) is 28.5 Å². The van der Waals surface area contributed by atoms with Crippen LogP contribution >= 0.6 is 15.9 Å². The first-order chi connectivity index (χ1) is 7.40. The number of hydrazine groups is 1. The number of hydrogen-bond acceptors (Lipinski definition) is 5. The van der Waals surface area contributed by atoms with Gasteiger partial charge in [0.1, 0.15) is 9.84 Å². The minimum atomic E-state index is -3.04. The molecule has 1 aromatic heterocycles. The number of rotatable bonds is 5. The van der Waals surface area contributed by atoms with Crippen molar-refractivity contribution < 1.29 is 8.42 Å². The molecule has 0 bridgehead atoms. The number of pyridine rings is 1. The SMILES string of the molecule is CS(=O)(=O)CC(Cc1cncc(Br)c1)NN. The Morgan fingerprint density at radius 1 is 1.56 bits per heavy atom. The Morgan fingerprint density at radius 2 is 2.25 bits per heavy atom. The van der Waals surface area contributed by atoms with E-state index in [1.54, 1.807) is 12.4 Å². The molecule has 90 valence electrons. The van der Waals surface area contributed by atoms with Gasteiger partial charge in [0.15, 0.2) is 0 Å². The smallest absolute Gasteiger partial charge is 0.149 e. The van der Waals surface area contributed by atoms with E-state index in [0.717, 1.165) is 10.0 Å². The molecule has 0 radical (unpaired) electrons. The van der Waals surface area contributed by atoms with E-state index in [0.29, 0.717) is 6.42 Å². The Hall–Kier alpha value is -0.500. The minimum Gasteiger partial charge on any atom is -0.271 e. The molecule has 1 unspecified atom stereocenters. The van der Waals surface area contributed by atoms with Gasteiger partial charge in [0.25, 0.3) is 0 Å². The highest BCUT2D eigenvalue weighted by atomic mass is 79.9. The van der Waals surface area contributed by atoms with Crippen molar-refractivity contribution in [2.45, 2.75) is 12.5 Å². The number of nitrogens with two attached hydrogens (primary N) is 1. The van der Waals surface area contributed by atoms with Crippen molar-refractivity contribution in [1.82, 2.24) is 10.4 Å². The lowest BCUT2D eigenvalue weighted by Crippen LogP contribution is -2.41. The Labute approximate surface area is 103 Å². The summed E-state index contributed by atoms with van der Waals surface area (Å²) in [5.41, 5.74) is 3.44. The van der Waals surface area contributed by atoms with E-state index < -0.39 is 9.84 Å². The molecular weight excluding hydrogens is 294 g/mol. The van der Waals surface area contributed by atoms with Gasteiger partial charge in [0.2, 0.25) is 0 Å². The Balaban J connectivity index is 2.70. The lowest BCUT2D eigenvalue weighted by Gasteiger charge is -2.14. The standard InChI is InChI=1S/C9H14BrN3O2S/c1-16(14,15)6-9(13-11)3-7-2-8(10)5-12-4-7/h2,4-5,9,13H,3,6,11H2,1H3. The maximum Gasteiger partial charge on any atom is 0.149 e. The third kappa shape index (κ3) is 5.02. The van der Waals surface area contributed by atoms with Gasteiger partial charge in [0, 0.05) is 29.2 Å². The molecule has 0 aliphatic heterocycles. The van der Waals surface area contributed by atoms with Crippen molar-refractivity contribution in [3.8, 4) is 0 Å². The summed E-state index contributed by atoms with van der Waals surface area (Å²) in [7, 11) is -3.04. The number of halogens is 1. The van der Waals surface area contributed by atoms with Gasteiger partial charge in [-0.15, -0.1) is 0 Å². The fourth-order valence-electron chi connectivity index (χ4n) is 1.38. The van der Waals surface area contributed by atoms with Crippen LogP contribution < -0.4 is 11.3 Å². The van der Waals surface area contributed by atoms with Crippen LogP contribution in [0.1, 0.15) is 5.56 Å². The third-order valence-electron chi connectivity index (χ3n) is 1.98. The molecule has 0 spiro atoms. The summed E-state index contributed by atoms with van der Waals surface area (Å²) in [6.07, 6.45) is 5.08. The first-order valence-corrected chi connectivity index (χ1v) is 7.49. The van der Waals surface area contributed by atoms with Gasteiger partial charge in [-0.05, 0) is 34.0 Å². The predicted molar refractivity (Wildman–Crippen MR) is 66.5 cm³/mol. The highest BCUT2D eigenvalue weighted by Crippen LogP contribution is 2.11. The van der Waals surface area contributed by atoms with Crippen LogP contribution in [0.2, 0.25) is 0 Å². The van der Waals surface area contributed by atoms with Crippen molar-refractivity contribution in [1.29, 1.82) is 0 Å². The fraction of sp³-hybridized carbons (Fsp3) is 0.444. The van der Waals surface area contributed by atoms with E-state index in [1.165, 1.54) is 6.26 Å². The average molecular weight is 308 g/mol. The lowest BCUT2D eigenvalue weighted by molar-refractivity contribution is 0.545. The van der Waals surface area contributed by atoms with Crippen molar-refractivity contribution in [2.75, 3.05) is 12.0 Å². The average Bonchev–Trinajstić information content (AvgIpc) is 2.14. The molecule has 5 nitrogen and oxygen atoms in total. The number of sulfone groups is 1. The zero-order chi connectivity index (χ0) is 12.2. The highest BCUT2D eigenvalue weighted by molar-refractivity contribution is 9.10. The van der Waals surface area contributed by atoms with E-state index in [9.17, 15) is 8.42 Å². The van der Waals surface area contributed by atoms with Crippen LogP contribution in [0.3, 0.4) is 0 Å². The number of hydrogen-bond donors (Lipinski definition) is 2. The summed E-state index contributed by atoms with van der Waals surface area (Å²) in [6.45, 7) is 0. The quantitative estimate of drug-likeness (QED) is 0.602. The second-order valence-electron chi connectivity index (χ2n) is 3.67. The molecule has 0 fully saturated rings. The van der Waals surface area contributed by atoms with E-state index >= 15 is 0 Å². The Bertz CT molecular complexity index is 450. The molecule has 0 saturated carbocycles. The van der Waals surface area contributed by atoms with E-state index in [1.807, 2.05) is 6.07 Å². The molecule has 1 aromatic rings. The van der Waals surface area contributed by atoms with Gasteiger partial charge < -0.3 is 0 Å². The van der Waals surface area contributed by atoms with Crippen molar-refractivity contribution in [3.63, 3.8) is 0 Å². The van der Waals surface area contributed by atoms with Crippen LogP contribution in [0.5, 0.6) is 0 Å². The number of nitrogens with zero attached hydrogens (tertiary/aromatic N) is 1. The zero-order valence-electron chi connectivity index (χ0n) is 8.85. The summed E-state index contributed by atoms with van der Waals surface area (Å²) in [5.74, 6) is 5.33. The van der Waals surface area contributed by atoms with E-state index in [2.05, 4.69) is 26.3 Å². The second kappa shape index (κ2) is 5.72. The number of aromatic nitrogens is 1. The predicted octanol–water partition coefficient (Wildman–Crippen LogP) is 0.263. The van der Waals surface area contributed by atoms with Crippen LogP contribution in [0.25, 0.3) is 0 Å². The molecule has 0 aliphatic rings. The second-order valence-corrected chi connectivity index (χ2v) is 6.77. The molecule has 1 rings (SSSR count). The van der Waals surface area contributed by atoms with Crippen molar-refractivity contribution in [2.24, 2.45) is 5.84 Å². The summed E-state index contributed by atoms with van der Waals surface area (Å²) >= 11 is 3.30. The van der Waals surface area contributed by atoms with Gasteiger partial charge >= 0.3 is 0 Å². The van der Waals surface area contributed by atoms with Crippen molar-refractivity contribution >= 4 is 25.8 Å². The van der Waals surface area contributed by atoms with Gasteiger partial charge in [-0.2, -0.15) is 0 Å². The summed E-state index contributed by atoms with van der Waals surface area (Å²) < 4.78 is 23.1. The molecule has 0 amide bonds. The van der Waals surface area contributed by atoms with E-state index in [-0.39, 0.29) is 11.8 Å². The van der Waals surface area contributed by atoms with Crippen LogP contribution in [-0.2, 0) is 16.3 Å². The molecule has 7 heteroatoms. The maximum absolute atomic E-state index is 11.1. The van der Waals surface area contributed by atoms with Gasteiger partial charge in [-0.1, -0.05) is 0 Å². The van der Waals surface area contributed by atoms with Crippen LogP contribution in [-0.4, -0.2) is 31.5 Å². The largest absolute Gasteiger partial charge is 0.271 e. The van der Waals surface area contributed by atoms with Gasteiger partial charge in [-0.25, -0.2) is 8.42 Å². The number of nitrogens with one attached hydrogen (secondary N) is 1. The van der Waals surface area contributed by atoms with Crippen LogP contribution in [0.15, 0.2) is 22.9 Å². The Morgan fingerprint density at radius 3 is 2.75 bits per heavy atom. The minimum absolute atomic E-state index is 0.00993. The first kappa shape index (κ1) is 13.6. The van der Waals surface area contributed by atoms with E-state index in [4.69, 9.17) is 5.84 Å². The molecule has 0 aliphatic carbocycles. The van der Waals surface area contributed by atoms with Crippen LogP contribution in [0.4, 0.5) is 0 Å². The molecule has 16 heavy (non-hydrogen) atoms. The molecule has 0 saturated heterocycles.